The Kier molecular flexibility index (Phi) is 7.91. The predicted molar refractivity (Wildman–Crippen MR) is 160 cm³/mol. The monoisotopic (exact) mass is 656 g/mol. The zero-order chi connectivity index (χ0) is 25.2. The van der Waals surface area contributed by atoms with Crippen LogP contribution in [0.15, 0.2) is 83.3 Å². The average Bonchev–Trinajstić information content (AvgIpc) is 3.09. The fourth-order valence-electron chi connectivity index (χ4n) is 4.97. The maximum Gasteiger partial charge on any atom is 0.261 e. The van der Waals surface area contributed by atoms with Crippen molar-refractivity contribution >= 4 is 68.1 Å². The summed E-state index contributed by atoms with van der Waals surface area (Å²) >= 11 is 5.90. The lowest BCUT2D eigenvalue weighted by molar-refractivity contribution is 0.232. The van der Waals surface area contributed by atoms with E-state index in [2.05, 4.69) is 150 Å². The summed E-state index contributed by atoms with van der Waals surface area (Å²) in [5, 5.41) is 13.6. The molecule has 0 spiro atoms. The number of nitriles is 1. The number of hydrogen-bond donors (Lipinski definition) is 0. The molecular formula is C29H30BrIN2OSi. The smallest absolute Gasteiger partial charge is 0.261 e. The Hall–Kier alpha value is -1.92. The zero-order valence-corrected chi connectivity index (χ0v) is 25.3. The molecule has 0 aliphatic heterocycles. The van der Waals surface area contributed by atoms with Crippen LogP contribution in [0.5, 0.6) is 0 Å². The molecule has 6 heteroatoms. The summed E-state index contributed by atoms with van der Waals surface area (Å²) in [6.07, 6.45) is 0. The van der Waals surface area contributed by atoms with Crippen LogP contribution in [0.3, 0.4) is 0 Å². The highest BCUT2D eigenvalue weighted by atomic mass is 127. The summed E-state index contributed by atoms with van der Waals surface area (Å²) in [5.41, 5.74) is 1.80. The van der Waals surface area contributed by atoms with Crippen molar-refractivity contribution in [2.24, 2.45) is 5.92 Å². The highest BCUT2D eigenvalue weighted by molar-refractivity contribution is 14.1. The van der Waals surface area contributed by atoms with Gasteiger partial charge in [-0.25, -0.2) is 0 Å². The molecular weight excluding hydrogens is 627 g/mol. The van der Waals surface area contributed by atoms with E-state index >= 15 is 0 Å². The van der Waals surface area contributed by atoms with Crippen LogP contribution >= 0.6 is 38.5 Å². The Morgan fingerprint density at radius 3 is 2.09 bits per heavy atom. The van der Waals surface area contributed by atoms with Crippen LogP contribution in [0.4, 0.5) is 0 Å². The summed E-state index contributed by atoms with van der Waals surface area (Å²) in [4.78, 5) is 0. The fraction of sp³-hybridized carbons (Fsp3) is 0.276. The van der Waals surface area contributed by atoms with Crippen LogP contribution in [0.25, 0.3) is 10.9 Å². The molecule has 0 aliphatic carbocycles. The Labute approximate surface area is 231 Å². The van der Waals surface area contributed by atoms with Crippen LogP contribution in [-0.4, -0.2) is 19.5 Å². The van der Waals surface area contributed by atoms with Crippen molar-refractivity contribution in [2.75, 3.05) is 6.61 Å². The summed E-state index contributed by atoms with van der Waals surface area (Å²) in [6.45, 7) is 10.5. The van der Waals surface area contributed by atoms with Gasteiger partial charge in [-0.2, -0.15) is 5.26 Å². The molecule has 0 fully saturated rings. The minimum absolute atomic E-state index is 0.0619. The van der Waals surface area contributed by atoms with E-state index in [1.54, 1.807) is 0 Å². The lowest BCUT2D eigenvalue weighted by Gasteiger charge is -2.43. The van der Waals surface area contributed by atoms with Crippen LogP contribution in [0.2, 0.25) is 5.04 Å². The second-order valence-corrected chi connectivity index (χ2v) is 16.4. The number of hydrogen-bond acceptors (Lipinski definition) is 2. The number of halogens is 2. The van der Waals surface area contributed by atoms with E-state index in [9.17, 15) is 5.26 Å². The van der Waals surface area contributed by atoms with E-state index < -0.39 is 8.32 Å². The molecule has 35 heavy (non-hydrogen) atoms. The third kappa shape index (κ3) is 5.01. The molecule has 1 heterocycles. The van der Waals surface area contributed by atoms with E-state index in [1.165, 1.54) is 10.4 Å². The Morgan fingerprint density at radius 2 is 1.57 bits per heavy atom. The van der Waals surface area contributed by atoms with Gasteiger partial charge in [-0.3, -0.25) is 0 Å². The maximum atomic E-state index is 9.93. The molecule has 3 aromatic carbocycles. The van der Waals surface area contributed by atoms with Crippen molar-refractivity contribution in [3.63, 3.8) is 0 Å². The first kappa shape index (κ1) is 26.1. The fourth-order valence-corrected chi connectivity index (χ4v) is 10.9. The van der Waals surface area contributed by atoms with Crippen LogP contribution in [0, 0.1) is 20.8 Å². The molecule has 1 unspecified atom stereocenters. The summed E-state index contributed by atoms with van der Waals surface area (Å²) in [6, 6.07) is 30.2. The summed E-state index contributed by atoms with van der Waals surface area (Å²) in [7, 11) is -2.59. The van der Waals surface area contributed by atoms with Crippen molar-refractivity contribution < 1.29 is 4.43 Å². The standard InChI is InChI=1S/C29H30BrIN2OSi/c1-21(19-33-26-17-22(30)15-16-25(26)28(31)27(33)18-32)20-34-35(29(2,3)4,23-11-7-5-8-12-23)24-13-9-6-10-14-24/h5-17,21H,19-20H2,1-4H3. The van der Waals surface area contributed by atoms with E-state index in [-0.39, 0.29) is 11.0 Å². The van der Waals surface area contributed by atoms with Gasteiger partial charge in [0.1, 0.15) is 11.8 Å². The quantitative estimate of drug-likeness (QED) is 0.157. The minimum Gasteiger partial charge on any atom is -0.407 e. The zero-order valence-electron chi connectivity index (χ0n) is 20.6. The second kappa shape index (κ2) is 10.6. The van der Waals surface area contributed by atoms with Gasteiger partial charge in [-0.15, -0.1) is 0 Å². The van der Waals surface area contributed by atoms with Crippen molar-refractivity contribution in [3.05, 3.63) is 92.6 Å². The topological polar surface area (TPSA) is 38.0 Å². The van der Waals surface area contributed by atoms with Crippen LogP contribution in [-0.2, 0) is 11.0 Å². The first-order chi connectivity index (χ1) is 16.7. The minimum atomic E-state index is -2.59. The summed E-state index contributed by atoms with van der Waals surface area (Å²) in [5.74, 6) is 0.217. The highest BCUT2D eigenvalue weighted by Gasteiger charge is 2.50. The largest absolute Gasteiger partial charge is 0.407 e. The van der Waals surface area contributed by atoms with Crippen molar-refractivity contribution in [3.8, 4) is 6.07 Å². The van der Waals surface area contributed by atoms with Gasteiger partial charge in [0.15, 0.2) is 0 Å². The molecule has 0 amide bonds. The average molecular weight is 657 g/mol. The summed E-state index contributed by atoms with van der Waals surface area (Å²) < 4.78 is 11.3. The van der Waals surface area contributed by atoms with Crippen LogP contribution in [0.1, 0.15) is 33.4 Å². The molecule has 0 aliphatic rings. The van der Waals surface area contributed by atoms with Gasteiger partial charge in [-0.05, 0) is 56.1 Å². The first-order valence-corrected chi connectivity index (χ1v) is 15.6. The molecule has 1 aromatic heterocycles. The van der Waals surface area contributed by atoms with Gasteiger partial charge in [0.25, 0.3) is 8.32 Å². The van der Waals surface area contributed by atoms with Crippen molar-refractivity contribution in [1.82, 2.24) is 4.57 Å². The Balaban J connectivity index is 1.71. The number of fused-ring (bicyclic) bond motifs is 1. The van der Waals surface area contributed by atoms with Gasteiger partial charge in [0.05, 0.1) is 9.09 Å². The third-order valence-electron chi connectivity index (χ3n) is 6.57. The van der Waals surface area contributed by atoms with Crippen molar-refractivity contribution in [2.45, 2.75) is 39.3 Å². The van der Waals surface area contributed by atoms with Crippen LogP contribution < -0.4 is 10.4 Å². The lowest BCUT2D eigenvalue weighted by atomic mass is 10.2. The van der Waals surface area contributed by atoms with Crippen molar-refractivity contribution in [1.29, 1.82) is 5.26 Å². The van der Waals surface area contributed by atoms with Gasteiger partial charge in [0.2, 0.25) is 0 Å². The van der Waals surface area contributed by atoms with Gasteiger partial charge in [-0.1, -0.05) is 110 Å². The third-order valence-corrected chi connectivity index (χ3v) is 13.2. The molecule has 0 saturated carbocycles. The van der Waals surface area contributed by atoms with E-state index in [0.717, 1.165) is 31.2 Å². The van der Waals surface area contributed by atoms with Gasteiger partial charge in [0, 0.05) is 23.0 Å². The molecule has 3 nitrogen and oxygen atoms in total. The van der Waals surface area contributed by atoms with E-state index in [1.807, 2.05) is 6.07 Å². The Bertz CT molecular complexity index is 1320. The lowest BCUT2D eigenvalue weighted by Crippen LogP contribution is -2.66. The van der Waals surface area contributed by atoms with Gasteiger partial charge < -0.3 is 8.99 Å². The molecule has 0 N–H and O–H groups in total. The molecule has 0 bridgehead atoms. The number of benzene rings is 3. The maximum absolute atomic E-state index is 9.93. The second-order valence-electron chi connectivity index (χ2n) is 10.1. The molecule has 1 atom stereocenters. The number of nitrogens with zero attached hydrogens (tertiary/aromatic N) is 2. The normalized spacial score (nSPS) is 13.1. The molecule has 0 radical (unpaired) electrons. The number of aromatic nitrogens is 1. The highest BCUT2D eigenvalue weighted by Crippen LogP contribution is 2.37. The van der Waals surface area contributed by atoms with E-state index in [0.29, 0.717) is 6.61 Å². The van der Waals surface area contributed by atoms with E-state index in [4.69, 9.17) is 4.43 Å². The Morgan fingerprint density at radius 1 is 1.00 bits per heavy atom. The SMILES string of the molecule is CC(CO[Si](c1ccccc1)(c1ccccc1)C(C)(C)C)Cn1c(C#N)c(I)c2ccc(Br)cc21. The number of rotatable bonds is 7. The van der Waals surface area contributed by atoms with Gasteiger partial charge >= 0.3 is 0 Å². The first-order valence-electron chi connectivity index (χ1n) is 11.8. The predicted octanol–water partition coefficient (Wildman–Crippen LogP) is 7.09. The molecule has 4 aromatic rings. The molecule has 4 rings (SSSR count). The molecule has 180 valence electrons. The molecule has 0 saturated heterocycles.